The molecule has 0 atom stereocenters. The van der Waals surface area contributed by atoms with Crippen LogP contribution in [0.3, 0.4) is 0 Å². The summed E-state index contributed by atoms with van der Waals surface area (Å²) in [5.74, 6) is -6.61. The third-order valence-electron chi connectivity index (χ3n) is 2.74. The van der Waals surface area contributed by atoms with Crippen LogP contribution in [0.4, 0.5) is 0 Å². The molecule has 1 aromatic rings. The summed E-state index contributed by atoms with van der Waals surface area (Å²) in [4.78, 5) is 45.0. The van der Waals surface area contributed by atoms with Gasteiger partial charge in [0.15, 0.2) is 6.29 Å². The van der Waals surface area contributed by atoms with Crippen molar-refractivity contribution >= 4 is 23.8 Å². The second-order valence-electron chi connectivity index (χ2n) is 4.16. The molecular formula is C12H11NO9. The number of hydrogen-bond donors (Lipinski definition) is 6. The lowest BCUT2D eigenvalue weighted by molar-refractivity contribution is -0.0383. The Bertz CT molecular complexity index is 627. The normalized spacial score (nSPS) is 10.5. The quantitative estimate of drug-likeness (QED) is 0.347. The average Bonchev–Trinajstić information content (AvgIpc) is 2.35. The highest BCUT2D eigenvalue weighted by Crippen LogP contribution is 2.26. The van der Waals surface area contributed by atoms with Gasteiger partial charge >= 0.3 is 17.9 Å². The smallest absolute Gasteiger partial charge is 0.336 e. The Labute approximate surface area is 122 Å². The van der Waals surface area contributed by atoms with Gasteiger partial charge in [-0.2, -0.15) is 0 Å². The number of carboxylic acids is 3. The molecule has 10 nitrogen and oxygen atoms in total. The summed E-state index contributed by atoms with van der Waals surface area (Å²) in [6.07, 6.45) is -3.08. The van der Waals surface area contributed by atoms with E-state index in [9.17, 15) is 19.2 Å². The van der Waals surface area contributed by atoms with Crippen molar-refractivity contribution in [3.05, 3.63) is 33.9 Å². The van der Waals surface area contributed by atoms with Crippen LogP contribution in [0.15, 0.2) is 6.07 Å². The zero-order chi connectivity index (χ0) is 17.2. The Kier molecular flexibility index (Phi) is 4.81. The van der Waals surface area contributed by atoms with E-state index in [1.807, 2.05) is 0 Å². The topological polar surface area (TPSA) is 195 Å². The van der Waals surface area contributed by atoms with Crippen LogP contribution >= 0.6 is 0 Å². The number of hydrogen-bond acceptors (Lipinski definition) is 6. The molecule has 22 heavy (non-hydrogen) atoms. The Balaban J connectivity index is 3.99. The van der Waals surface area contributed by atoms with Crippen LogP contribution in [0.25, 0.3) is 0 Å². The van der Waals surface area contributed by atoms with E-state index in [1.165, 1.54) is 0 Å². The molecule has 1 amide bonds. The minimum atomic E-state index is -2.17. The molecule has 0 heterocycles. The van der Waals surface area contributed by atoms with E-state index in [1.54, 1.807) is 0 Å². The van der Waals surface area contributed by atoms with Crippen molar-refractivity contribution in [3.63, 3.8) is 0 Å². The summed E-state index contributed by atoms with van der Waals surface area (Å²) in [5.41, 5.74) is 0.787. The standard InChI is InChI=1S/C12H11NO9/c13-9(16)4-1-5(10(17)18)8(12(21)22)3(2-6(14)15)7(4)11(19)20/h1,6,14-15H,2H2,(H2,13,16)(H,17,18)(H,19,20)(H,21,22). The zero-order valence-corrected chi connectivity index (χ0v) is 10.8. The second kappa shape index (κ2) is 6.20. The fourth-order valence-corrected chi connectivity index (χ4v) is 1.98. The maximum atomic E-state index is 11.3. The number of benzene rings is 1. The van der Waals surface area contributed by atoms with E-state index >= 15 is 0 Å². The number of nitrogens with two attached hydrogens (primary N) is 1. The molecule has 1 aromatic carbocycles. The van der Waals surface area contributed by atoms with Gasteiger partial charge in [-0.1, -0.05) is 0 Å². The van der Waals surface area contributed by atoms with Crippen molar-refractivity contribution in [2.75, 3.05) is 0 Å². The summed E-state index contributed by atoms with van der Waals surface area (Å²) in [6.45, 7) is 0. The van der Waals surface area contributed by atoms with E-state index in [-0.39, 0.29) is 0 Å². The lowest BCUT2D eigenvalue weighted by Gasteiger charge is -2.16. The number of carbonyl (C=O) groups is 4. The number of carbonyl (C=O) groups excluding carboxylic acids is 1. The molecule has 0 aliphatic carbocycles. The van der Waals surface area contributed by atoms with Gasteiger partial charge in [0.1, 0.15) is 0 Å². The van der Waals surface area contributed by atoms with E-state index in [0.717, 1.165) is 0 Å². The molecule has 118 valence electrons. The van der Waals surface area contributed by atoms with Gasteiger partial charge in [-0.15, -0.1) is 0 Å². The number of rotatable bonds is 6. The average molecular weight is 313 g/mol. The fourth-order valence-electron chi connectivity index (χ4n) is 1.98. The highest BCUT2D eigenvalue weighted by atomic mass is 16.5. The molecule has 10 heteroatoms. The summed E-state index contributed by atoms with van der Waals surface area (Å²) >= 11 is 0. The van der Waals surface area contributed by atoms with Crippen molar-refractivity contribution < 1.29 is 44.7 Å². The van der Waals surface area contributed by atoms with Crippen LogP contribution in [-0.2, 0) is 6.42 Å². The first kappa shape index (κ1) is 17.1. The Hall–Kier alpha value is -2.98. The van der Waals surface area contributed by atoms with Gasteiger partial charge < -0.3 is 31.3 Å². The lowest BCUT2D eigenvalue weighted by atomic mass is 9.89. The molecule has 0 bridgehead atoms. The number of carboxylic acid groups (broad SMARTS) is 3. The lowest BCUT2D eigenvalue weighted by Crippen LogP contribution is -2.25. The van der Waals surface area contributed by atoms with Crippen LogP contribution < -0.4 is 5.73 Å². The predicted octanol–water partition coefficient (Wildman–Crippen LogP) is -1.27. The van der Waals surface area contributed by atoms with E-state index < -0.39 is 64.3 Å². The van der Waals surface area contributed by atoms with Crippen molar-refractivity contribution in [1.29, 1.82) is 0 Å². The van der Waals surface area contributed by atoms with E-state index in [0.29, 0.717) is 6.07 Å². The SMILES string of the molecule is NC(=O)c1cc(C(=O)O)c(C(=O)O)c(CC(O)O)c1C(=O)O. The molecular weight excluding hydrogens is 302 g/mol. The summed E-state index contributed by atoms with van der Waals surface area (Å²) < 4.78 is 0. The summed E-state index contributed by atoms with van der Waals surface area (Å²) in [6, 6.07) is 0.533. The van der Waals surface area contributed by atoms with Crippen LogP contribution in [0.1, 0.15) is 47.0 Å². The molecule has 0 aliphatic rings. The predicted molar refractivity (Wildman–Crippen MR) is 67.8 cm³/mol. The van der Waals surface area contributed by atoms with Crippen molar-refractivity contribution in [1.82, 2.24) is 0 Å². The molecule has 0 spiro atoms. The van der Waals surface area contributed by atoms with Crippen LogP contribution in [0, 0.1) is 0 Å². The highest BCUT2D eigenvalue weighted by molar-refractivity contribution is 6.11. The minimum Gasteiger partial charge on any atom is -0.478 e. The van der Waals surface area contributed by atoms with Gasteiger partial charge in [0.25, 0.3) is 0 Å². The van der Waals surface area contributed by atoms with Crippen molar-refractivity contribution in [3.8, 4) is 0 Å². The summed E-state index contributed by atoms with van der Waals surface area (Å²) in [7, 11) is 0. The van der Waals surface area contributed by atoms with Crippen molar-refractivity contribution in [2.45, 2.75) is 12.7 Å². The summed E-state index contributed by atoms with van der Waals surface area (Å²) in [5, 5.41) is 45.2. The van der Waals surface area contributed by atoms with Crippen LogP contribution in [-0.4, -0.2) is 55.6 Å². The first-order valence-corrected chi connectivity index (χ1v) is 5.63. The van der Waals surface area contributed by atoms with Gasteiger partial charge in [0.05, 0.1) is 22.3 Å². The maximum absolute atomic E-state index is 11.3. The van der Waals surface area contributed by atoms with Crippen LogP contribution in [0.5, 0.6) is 0 Å². The van der Waals surface area contributed by atoms with Gasteiger partial charge in [0.2, 0.25) is 5.91 Å². The number of primary amides is 1. The highest BCUT2D eigenvalue weighted by Gasteiger charge is 2.31. The van der Waals surface area contributed by atoms with E-state index in [4.69, 9.17) is 31.3 Å². The van der Waals surface area contributed by atoms with Gasteiger partial charge in [0, 0.05) is 6.42 Å². The molecule has 7 N–H and O–H groups in total. The minimum absolute atomic E-state index is 0.533. The Morgan fingerprint density at radius 1 is 0.909 bits per heavy atom. The Morgan fingerprint density at radius 2 is 1.36 bits per heavy atom. The third kappa shape index (κ3) is 3.19. The molecule has 1 rings (SSSR count). The molecule has 0 unspecified atom stereocenters. The van der Waals surface area contributed by atoms with Gasteiger partial charge in [-0.05, 0) is 11.6 Å². The number of aliphatic hydroxyl groups excluding tert-OH is 1. The number of aliphatic hydroxyl groups is 2. The largest absolute Gasteiger partial charge is 0.478 e. The van der Waals surface area contributed by atoms with E-state index in [2.05, 4.69) is 0 Å². The van der Waals surface area contributed by atoms with Crippen molar-refractivity contribution in [2.24, 2.45) is 5.73 Å². The first-order valence-electron chi connectivity index (χ1n) is 5.63. The molecule has 0 aliphatic heterocycles. The molecule has 0 radical (unpaired) electrons. The van der Waals surface area contributed by atoms with Crippen LogP contribution in [0.2, 0.25) is 0 Å². The molecule has 0 fully saturated rings. The molecule has 0 aromatic heterocycles. The monoisotopic (exact) mass is 313 g/mol. The Morgan fingerprint density at radius 3 is 1.68 bits per heavy atom. The number of amides is 1. The second-order valence-corrected chi connectivity index (χ2v) is 4.16. The molecule has 0 saturated heterocycles. The first-order chi connectivity index (χ1) is 10.1. The maximum Gasteiger partial charge on any atom is 0.336 e. The zero-order valence-electron chi connectivity index (χ0n) is 10.8. The third-order valence-corrected chi connectivity index (χ3v) is 2.74. The fraction of sp³-hybridized carbons (Fsp3) is 0.167. The number of aromatic carboxylic acids is 3. The van der Waals surface area contributed by atoms with Gasteiger partial charge in [-0.25, -0.2) is 14.4 Å². The molecule has 0 saturated carbocycles. The van der Waals surface area contributed by atoms with Gasteiger partial charge in [-0.3, -0.25) is 4.79 Å².